The summed E-state index contributed by atoms with van der Waals surface area (Å²) in [6, 6.07) is 1.51. The highest BCUT2D eigenvalue weighted by molar-refractivity contribution is 6.39. The van der Waals surface area contributed by atoms with Crippen molar-refractivity contribution in [2.75, 3.05) is 24.6 Å². The number of nitrogen functional groups attached to an aromatic ring is 1. The number of nitrogens with zero attached hydrogens (tertiary/aromatic N) is 2. The van der Waals surface area contributed by atoms with Crippen LogP contribution in [0.4, 0.5) is 11.5 Å². The van der Waals surface area contributed by atoms with Gasteiger partial charge in [0.2, 0.25) is 0 Å². The first kappa shape index (κ1) is 22.3. The first-order chi connectivity index (χ1) is 14.8. The molecule has 8 heteroatoms. The van der Waals surface area contributed by atoms with Gasteiger partial charge in [0.1, 0.15) is 5.82 Å². The molecule has 2 heterocycles. The van der Waals surface area contributed by atoms with Gasteiger partial charge < -0.3 is 26.7 Å². The lowest BCUT2D eigenvalue weighted by Crippen LogP contribution is -2.51. The molecule has 3 rings (SSSR count). The van der Waals surface area contributed by atoms with E-state index in [1.165, 1.54) is 6.20 Å². The van der Waals surface area contributed by atoms with Gasteiger partial charge in [0, 0.05) is 25.4 Å². The fraction of sp³-hybridized carbons (Fsp3) is 0.391. The van der Waals surface area contributed by atoms with Crippen LogP contribution >= 0.6 is 0 Å². The zero-order valence-electron chi connectivity index (χ0n) is 18.2. The summed E-state index contributed by atoms with van der Waals surface area (Å²) >= 11 is 0. The SMILES string of the molecule is CCc1cc(NC(=O)C(=O)N2C[C@@H](C)CC[C@@H]2C2=CC(=N)/C(=C\NC)C=C2)cnc1N. The fourth-order valence-corrected chi connectivity index (χ4v) is 3.97. The minimum atomic E-state index is -0.695. The van der Waals surface area contributed by atoms with Gasteiger partial charge >= 0.3 is 11.8 Å². The van der Waals surface area contributed by atoms with E-state index in [0.717, 1.165) is 29.6 Å². The van der Waals surface area contributed by atoms with Crippen molar-refractivity contribution in [1.82, 2.24) is 15.2 Å². The second-order valence-corrected chi connectivity index (χ2v) is 8.01. The van der Waals surface area contributed by atoms with Gasteiger partial charge in [0.15, 0.2) is 0 Å². The van der Waals surface area contributed by atoms with E-state index in [1.54, 1.807) is 30.3 Å². The standard InChI is InChI=1S/C23H30N6O2/c1-4-15-9-18(12-27-21(15)25)28-22(30)23(31)29-13-14(2)5-8-20(29)16-6-7-17(11-26-3)19(24)10-16/h6-7,9-12,14,20,24,26H,4-5,8,13H2,1-3H3,(H2,25,27)(H,28,30)/b17-11-,24-19?/t14-,20+/m0/s1. The predicted molar refractivity (Wildman–Crippen MR) is 123 cm³/mol. The Balaban J connectivity index is 1.79. The molecule has 2 atom stereocenters. The van der Waals surface area contributed by atoms with E-state index in [2.05, 4.69) is 22.5 Å². The molecule has 0 spiro atoms. The van der Waals surface area contributed by atoms with Crippen LogP contribution in [0.5, 0.6) is 0 Å². The van der Waals surface area contributed by atoms with Crippen LogP contribution in [-0.2, 0) is 16.0 Å². The minimum Gasteiger partial charge on any atom is -0.393 e. The third kappa shape index (κ3) is 5.02. The maximum Gasteiger partial charge on any atom is 0.313 e. The number of allylic oxidation sites excluding steroid dienone is 3. The third-order valence-electron chi connectivity index (χ3n) is 5.67. The summed E-state index contributed by atoms with van der Waals surface area (Å²) in [5.74, 6) is -0.560. The molecule has 31 heavy (non-hydrogen) atoms. The normalized spacial score (nSPS) is 22.3. The highest BCUT2D eigenvalue weighted by Crippen LogP contribution is 2.29. The zero-order valence-corrected chi connectivity index (χ0v) is 18.2. The Bertz CT molecular complexity index is 978. The molecule has 0 bridgehead atoms. The van der Waals surface area contributed by atoms with Crippen molar-refractivity contribution in [2.45, 2.75) is 39.2 Å². The molecule has 164 valence electrons. The average molecular weight is 423 g/mol. The van der Waals surface area contributed by atoms with E-state index in [0.29, 0.717) is 36.1 Å². The maximum atomic E-state index is 13.1. The van der Waals surface area contributed by atoms with Crippen molar-refractivity contribution in [2.24, 2.45) is 5.92 Å². The molecule has 2 aliphatic rings. The van der Waals surface area contributed by atoms with E-state index in [4.69, 9.17) is 11.1 Å². The van der Waals surface area contributed by atoms with Crippen LogP contribution in [0.1, 0.15) is 32.3 Å². The summed E-state index contributed by atoms with van der Waals surface area (Å²) in [4.78, 5) is 31.6. The molecule has 5 N–H and O–H groups in total. The lowest BCUT2D eigenvalue weighted by molar-refractivity contribution is -0.145. The molecule has 1 saturated heterocycles. The minimum absolute atomic E-state index is 0.238. The van der Waals surface area contributed by atoms with Crippen LogP contribution in [0.2, 0.25) is 0 Å². The van der Waals surface area contributed by atoms with Gasteiger partial charge in [0.05, 0.1) is 23.6 Å². The van der Waals surface area contributed by atoms with E-state index in [1.807, 2.05) is 19.1 Å². The maximum absolute atomic E-state index is 13.1. The number of hydrogen-bond acceptors (Lipinski definition) is 6. The number of piperidine rings is 1. The number of hydrogen-bond donors (Lipinski definition) is 4. The van der Waals surface area contributed by atoms with Gasteiger partial charge in [-0.05, 0) is 48.5 Å². The van der Waals surface area contributed by atoms with E-state index in [9.17, 15) is 9.59 Å². The zero-order chi connectivity index (χ0) is 22.5. The Hall–Kier alpha value is -3.42. The number of rotatable bonds is 4. The third-order valence-corrected chi connectivity index (χ3v) is 5.67. The highest BCUT2D eigenvalue weighted by Gasteiger charge is 2.35. The Labute approximate surface area is 182 Å². The average Bonchev–Trinajstić information content (AvgIpc) is 2.76. The number of likely N-dealkylation sites (tertiary alicyclic amines) is 1. The molecule has 0 radical (unpaired) electrons. The second-order valence-electron chi connectivity index (χ2n) is 8.01. The number of nitrogens with one attached hydrogen (secondary N) is 3. The van der Waals surface area contributed by atoms with Gasteiger partial charge in [-0.2, -0.15) is 0 Å². The lowest BCUT2D eigenvalue weighted by atomic mass is 9.86. The molecule has 2 amide bonds. The molecule has 0 unspecified atom stereocenters. The molecular weight excluding hydrogens is 392 g/mol. The monoisotopic (exact) mass is 422 g/mol. The van der Waals surface area contributed by atoms with Crippen molar-refractivity contribution in [3.63, 3.8) is 0 Å². The number of anilines is 2. The fourth-order valence-electron chi connectivity index (χ4n) is 3.97. The van der Waals surface area contributed by atoms with E-state index < -0.39 is 11.8 Å². The van der Waals surface area contributed by atoms with Gasteiger partial charge in [-0.15, -0.1) is 0 Å². The van der Waals surface area contributed by atoms with Crippen molar-refractivity contribution in [1.29, 1.82) is 5.41 Å². The number of carbonyl (C=O) groups is 2. The Morgan fingerprint density at radius 3 is 2.81 bits per heavy atom. The van der Waals surface area contributed by atoms with Gasteiger partial charge in [-0.1, -0.05) is 26.0 Å². The molecule has 1 aromatic rings. The van der Waals surface area contributed by atoms with Crippen LogP contribution < -0.4 is 16.4 Å². The molecular formula is C23H30N6O2. The number of amides is 2. The number of aryl methyl sites for hydroxylation is 1. The topological polar surface area (TPSA) is 124 Å². The lowest BCUT2D eigenvalue weighted by Gasteiger charge is -2.39. The summed E-state index contributed by atoms with van der Waals surface area (Å²) in [7, 11) is 1.79. The summed E-state index contributed by atoms with van der Waals surface area (Å²) in [6.07, 6.45) is 11.2. The Kier molecular flexibility index (Phi) is 6.89. The number of aromatic nitrogens is 1. The highest BCUT2D eigenvalue weighted by atomic mass is 16.2. The van der Waals surface area contributed by atoms with Crippen molar-refractivity contribution < 1.29 is 9.59 Å². The Morgan fingerprint density at radius 2 is 2.13 bits per heavy atom. The van der Waals surface area contributed by atoms with E-state index >= 15 is 0 Å². The van der Waals surface area contributed by atoms with Crippen LogP contribution in [0.3, 0.4) is 0 Å². The van der Waals surface area contributed by atoms with Gasteiger partial charge in [-0.3, -0.25) is 9.59 Å². The first-order valence-corrected chi connectivity index (χ1v) is 10.6. The van der Waals surface area contributed by atoms with Crippen LogP contribution in [0, 0.1) is 11.3 Å². The first-order valence-electron chi connectivity index (χ1n) is 10.6. The smallest absolute Gasteiger partial charge is 0.313 e. The van der Waals surface area contributed by atoms with E-state index in [-0.39, 0.29) is 6.04 Å². The number of pyridine rings is 1. The molecule has 0 aromatic carbocycles. The van der Waals surface area contributed by atoms with Crippen LogP contribution in [-0.4, -0.2) is 47.0 Å². The largest absolute Gasteiger partial charge is 0.393 e. The number of nitrogens with two attached hydrogens (primary N) is 1. The molecule has 1 aromatic heterocycles. The summed E-state index contributed by atoms with van der Waals surface area (Å²) in [5, 5.41) is 13.9. The van der Waals surface area contributed by atoms with Crippen molar-refractivity contribution >= 4 is 29.0 Å². The summed E-state index contributed by atoms with van der Waals surface area (Å²) < 4.78 is 0. The van der Waals surface area contributed by atoms with Gasteiger partial charge in [0.25, 0.3) is 0 Å². The van der Waals surface area contributed by atoms with Crippen molar-refractivity contribution in [3.05, 3.63) is 53.4 Å². The molecule has 1 fully saturated rings. The summed E-state index contributed by atoms with van der Waals surface area (Å²) in [5.41, 5.74) is 9.11. The Morgan fingerprint density at radius 1 is 1.35 bits per heavy atom. The van der Waals surface area contributed by atoms with Crippen LogP contribution in [0.25, 0.3) is 0 Å². The quantitative estimate of drug-likeness (QED) is 0.555. The molecule has 0 saturated carbocycles. The summed E-state index contributed by atoms with van der Waals surface area (Å²) in [6.45, 7) is 4.52. The second kappa shape index (κ2) is 9.59. The molecule has 1 aliphatic carbocycles. The van der Waals surface area contributed by atoms with Crippen molar-refractivity contribution in [3.8, 4) is 0 Å². The predicted octanol–water partition coefficient (Wildman–Crippen LogP) is 2.41. The molecule has 8 nitrogen and oxygen atoms in total. The van der Waals surface area contributed by atoms with Gasteiger partial charge in [-0.25, -0.2) is 4.98 Å². The molecule has 1 aliphatic heterocycles. The van der Waals surface area contributed by atoms with Crippen LogP contribution in [0.15, 0.2) is 47.8 Å². The number of carbonyl (C=O) groups excluding carboxylic acids is 2.